The second-order valence-electron chi connectivity index (χ2n) is 5.45. The third-order valence-electron chi connectivity index (χ3n) is 3.51. The number of amides is 2. The van der Waals surface area contributed by atoms with E-state index < -0.39 is 0 Å². The molecule has 1 heterocycles. The molecule has 0 unspecified atom stereocenters. The van der Waals surface area contributed by atoms with E-state index in [1.807, 2.05) is 18.2 Å². The number of rotatable bonds is 5. The molecule has 0 aliphatic carbocycles. The van der Waals surface area contributed by atoms with Crippen LogP contribution in [0.15, 0.2) is 42.5 Å². The van der Waals surface area contributed by atoms with E-state index in [1.54, 1.807) is 6.92 Å². The standard InChI is InChI=1S/C18H16FN3O2S/c1-2-16(23)22-18-21-14-8-3-11(9-15(14)25-18)10-17(24)20-13-6-4-12(19)5-7-13/h3-9H,2,10H2,1H3,(H,20,24)(H,21,22,23). The smallest absolute Gasteiger partial charge is 0.228 e. The molecule has 0 radical (unpaired) electrons. The molecule has 2 N–H and O–H groups in total. The highest BCUT2D eigenvalue weighted by molar-refractivity contribution is 7.22. The molecule has 0 spiro atoms. The first-order valence-electron chi connectivity index (χ1n) is 7.78. The largest absolute Gasteiger partial charge is 0.326 e. The highest BCUT2D eigenvalue weighted by atomic mass is 32.1. The Balaban J connectivity index is 1.69. The van der Waals surface area contributed by atoms with Crippen molar-refractivity contribution in [3.63, 3.8) is 0 Å². The summed E-state index contributed by atoms with van der Waals surface area (Å²) in [5.74, 6) is -0.618. The fourth-order valence-corrected chi connectivity index (χ4v) is 3.21. The first kappa shape index (κ1) is 17.0. The molecule has 5 nitrogen and oxygen atoms in total. The lowest BCUT2D eigenvalue weighted by molar-refractivity contribution is -0.116. The molecular weight excluding hydrogens is 341 g/mol. The lowest BCUT2D eigenvalue weighted by atomic mass is 10.1. The molecule has 0 bridgehead atoms. The van der Waals surface area contributed by atoms with E-state index in [0.717, 1.165) is 15.8 Å². The average molecular weight is 357 g/mol. The van der Waals surface area contributed by atoms with Crippen LogP contribution in [0.1, 0.15) is 18.9 Å². The van der Waals surface area contributed by atoms with Gasteiger partial charge in [0.15, 0.2) is 5.13 Å². The number of hydrogen-bond acceptors (Lipinski definition) is 4. The molecule has 3 aromatic rings. The Hall–Kier alpha value is -2.80. The predicted molar refractivity (Wildman–Crippen MR) is 97.3 cm³/mol. The molecule has 2 aromatic carbocycles. The van der Waals surface area contributed by atoms with Crippen molar-refractivity contribution in [3.8, 4) is 0 Å². The first-order valence-corrected chi connectivity index (χ1v) is 8.60. The van der Waals surface area contributed by atoms with E-state index in [-0.39, 0.29) is 24.1 Å². The minimum absolute atomic E-state index is 0.0852. The Kier molecular flexibility index (Phi) is 5.04. The molecule has 25 heavy (non-hydrogen) atoms. The number of nitrogens with one attached hydrogen (secondary N) is 2. The first-order chi connectivity index (χ1) is 12.0. The van der Waals surface area contributed by atoms with Crippen molar-refractivity contribution in [2.24, 2.45) is 0 Å². The highest BCUT2D eigenvalue weighted by Crippen LogP contribution is 2.27. The van der Waals surface area contributed by atoms with Gasteiger partial charge >= 0.3 is 0 Å². The van der Waals surface area contributed by atoms with Crippen LogP contribution >= 0.6 is 11.3 Å². The molecule has 1 aromatic heterocycles. The number of fused-ring (bicyclic) bond motifs is 1. The van der Waals surface area contributed by atoms with Gasteiger partial charge in [0, 0.05) is 12.1 Å². The zero-order chi connectivity index (χ0) is 17.8. The van der Waals surface area contributed by atoms with Crippen LogP contribution in [0, 0.1) is 5.82 Å². The second kappa shape index (κ2) is 7.40. The molecule has 0 aliphatic heterocycles. The number of carbonyl (C=O) groups excluding carboxylic acids is 2. The number of benzene rings is 2. The molecule has 2 amide bonds. The van der Waals surface area contributed by atoms with Crippen LogP contribution in [0.5, 0.6) is 0 Å². The van der Waals surface area contributed by atoms with Crippen LogP contribution in [0.4, 0.5) is 15.2 Å². The summed E-state index contributed by atoms with van der Waals surface area (Å²) >= 11 is 1.37. The maximum Gasteiger partial charge on any atom is 0.228 e. The van der Waals surface area contributed by atoms with E-state index in [9.17, 15) is 14.0 Å². The lowest BCUT2D eigenvalue weighted by Gasteiger charge is -2.05. The van der Waals surface area contributed by atoms with E-state index in [0.29, 0.717) is 17.2 Å². The van der Waals surface area contributed by atoms with Gasteiger partial charge in [-0.15, -0.1) is 0 Å². The van der Waals surface area contributed by atoms with Crippen molar-refractivity contribution in [2.75, 3.05) is 10.6 Å². The predicted octanol–water partition coefficient (Wildman–Crippen LogP) is 3.97. The molecule has 0 atom stereocenters. The molecule has 128 valence electrons. The van der Waals surface area contributed by atoms with Gasteiger partial charge in [-0.2, -0.15) is 0 Å². The van der Waals surface area contributed by atoms with E-state index in [2.05, 4.69) is 15.6 Å². The fraction of sp³-hybridized carbons (Fsp3) is 0.167. The molecule has 3 rings (SSSR count). The number of anilines is 2. The van der Waals surface area contributed by atoms with Crippen molar-refractivity contribution in [2.45, 2.75) is 19.8 Å². The summed E-state index contributed by atoms with van der Waals surface area (Å²) < 4.78 is 13.8. The summed E-state index contributed by atoms with van der Waals surface area (Å²) in [5.41, 5.74) is 2.16. The van der Waals surface area contributed by atoms with Gasteiger partial charge in [0.2, 0.25) is 11.8 Å². The Morgan fingerprint density at radius 2 is 1.84 bits per heavy atom. The van der Waals surface area contributed by atoms with Crippen molar-refractivity contribution >= 4 is 44.2 Å². The van der Waals surface area contributed by atoms with Gasteiger partial charge in [-0.3, -0.25) is 9.59 Å². The molecular formula is C18H16FN3O2S. The van der Waals surface area contributed by atoms with Gasteiger partial charge in [0.05, 0.1) is 16.6 Å². The summed E-state index contributed by atoms with van der Waals surface area (Å²) in [5, 5.41) is 6.02. The second-order valence-corrected chi connectivity index (χ2v) is 6.49. The third-order valence-corrected chi connectivity index (χ3v) is 4.45. The zero-order valence-electron chi connectivity index (χ0n) is 13.5. The van der Waals surface area contributed by atoms with Gasteiger partial charge in [0.25, 0.3) is 0 Å². The van der Waals surface area contributed by atoms with Crippen LogP contribution < -0.4 is 10.6 Å². The zero-order valence-corrected chi connectivity index (χ0v) is 14.3. The Bertz CT molecular complexity index is 922. The van der Waals surface area contributed by atoms with Crippen LogP contribution in [-0.4, -0.2) is 16.8 Å². The molecule has 0 saturated carbocycles. The monoisotopic (exact) mass is 357 g/mol. The maximum absolute atomic E-state index is 12.9. The van der Waals surface area contributed by atoms with Gasteiger partial charge in [-0.1, -0.05) is 24.3 Å². The van der Waals surface area contributed by atoms with Crippen LogP contribution in [0.25, 0.3) is 10.2 Å². The van der Waals surface area contributed by atoms with Crippen LogP contribution in [0.3, 0.4) is 0 Å². The van der Waals surface area contributed by atoms with Crippen molar-refractivity contribution in [1.29, 1.82) is 0 Å². The van der Waals surface area contributed by atoms with Crippen LogP contribution in [0.2, 0.25) is 0 Å². The van der Waals surface area contributed by atoms with Crippen molar-refractivity contribution < 1.29 is 14.0 Å². The SMILES string of the molecule is CCC(=O)Nc1nc2ccc(CC(=O)Nc3ccc(F)cc3)cc2s1. The summed E-state index contributed by atoms with van der Waals surface area (Å²) in [6, 6.07) is 11.2. The number of aromatic nitrogens is 1. The quantitative estimate of drug-likeness (QED) is 0.726. The topological polar surface area (TPSA) is 71.1 Å². The van der Waals surface area contributed by atoms with Gasteiger partial charge in [-0.25, -0.2) is 9.37 Å². The Morgan fingerprint density at radius 1 is 1.08 bits per heavy atom. The number of halogens is 1. The summed E-state index contributed by atoms with van der Waals surface area (Å²) in [4.78, 5) is 27.9. The van der Waals surface area contributed by atoms with Crippen molar-refractivity contribution in [3.05, 3.63) is 53.8 Å². The lowest BCUT2D eigenvalue weighted by Crippen LogP contribution is -2.14. The average Bonchev–Trinajstić information content (AvgIpc) is 2.98. The molecule has 7 heteroatoms. The number of nitrogens with zero attached hydrogens (tertiary/aromatic N) is 1. The molecule has 0 aliphatic rings. The normalized spacial score (nSPS) is 10.6. The number of hydrogen-bond donors (Lipinski definition) is 2. The Morgan fingerprint density at radius 3 is 2.56 bits per heavy atom. The number of thiazole rings is 1. The maximum atomic E-state index is 12.9. The third kappa shape index (κ3) is 4.39. The van der Waals surface area contributed by atoms with Crippen molar-refractivity contribution in [1.82, 2.24) is 4.98 Å². The molecule has 0 saturated heterocycles. The van der Waals surface area contributed by atoms with Gasteiger partial charge in [0.1, 0.15) is 5.82 Å². The molecule has 0 fully saturated rings. The van der Waals surface area contributed by atoms with Crippen LogP contribution in [-0.2, 0) is 16.0 Å². The number of carbonyl (C=O) groups is 2. The van der Waals surface area contributed by atoms with Gasteiger partial charge < -0.3 is 10.6 Å². The van der Waals surface area contributed by atoms with E-state index in [4.69, 9.17) is 0 Å². The summed E-state index contributed by atoms with van der Waals surface area (Å²) in [7, 11) is 0. The van der Waals surface area contributed by atoms with E-state index >= 15 is 0 Å². The highest BCUT2D eigenvalue weighted by Gasteiger charge is 2.09. The minimum atomic E-state index is -0.348. The summed E-state index contributed by atoms with van der Waals surface area (Å²) in [6.07, 6.45) is 0.590. The Labute approximate surface area is 147 Å². The fourth-order valence-electron chi connectivity index (χ4n) is 2.26. The minimum Gasteiger partial charge on any atom is -0.326 e. The van der Waals surface area contributed by atoms with Gasteiger partial charge in [-0.05, 0) is 42.0 Å². The summed E-state index contributed by atoms with van der Waals surface area (Å²) in [6.45, 7) is 1.78. The van der Waals surface area contributed by atoms with E-state index in [1.165, 1.54) is 35.6 Å².